The van der Waals surface area contributed by atoms with E-state index in [1.165, 1.54) is 6.07 Å². The summed E-state index contributed by atoms with van der Waals surface area (Å²) in [7, 11) is 0. The Morgan fingerprint density at radius 1 is 1.32 bits per heavy atom. The molecule has 3 aromatic rings. The van der Waals surface area contributed by atoms with Crippen LogP contribution in [-0.2, 0) is 6.54 Å². The van der Waals surface area contributed by atoms with Gasteiger partial charge in [0.05, 0.1) is 22.1 Å². The highest BCUT2D eigenvalue weighted by Crippen LogP contribution is 2.29. The minimum Gasteiger partial charge on any atom is -0.369 e. The molecule has 0 saturated carbocycles. The van der Waals surface area contributed by atoms with Gasteiger partial charge in [-0.1, -0.05) is 0 Å². The quantitative estimate of drug-likeness (QED) is 0.688. The van der Waals surface area contributed by atoms with Gasteiger partial charge in [-0.05, 0) is 49.4 Å². The van der Waals surface area contributed by atoms with E-state index >= 15 is 0 Å². The zero-order chi connectivity index (χ0) is 13.6. The Kier molecular flexibility index (Phi) is 3.36. The predicted octanol–water partition coefficient (Wildman–Crippen LogP) is 4.39. The highest BCUT2D eigenvalue weighted by atomic mass is 79.9. The molecular formula is C12H8Br2FN3S. The fourth-order valence-corrected chi connectivity index (χ4v) is 3.68. The van der Waals surface area contributed by atoms with Crippen LogP contribution in [0, 0.1) is 5.82 Å². The summed E-state index contributed by atoms with van der Waals surface area (Å²) in [5.74, 6) is 0.0438. The summed E-state index contributed by atoms with van der Waals surface area (Å²) >= 11 is 8.32. The summed E-state index contributed by atoms with van der Waals surface area (Å²) in [5.41, 5.74) is 7.30. The van der Waals surface area contributed by atoms with Gasteiger partial charge in [-0.3, -0.25) is 0 Å². The van der Waals surface area contributed by atoms with E-state index in [1.54, 1.807) is 17.4 Å². The number of aromatic nitrogens is 2. The van der Waals surface area contributed by atoms with E-state index in [4.69, 9.17) is 5.73 Å². The Labute approximate surface area is 129 Å². The molecule has 2 N–H and O–H groups in total. The molecule has 0 spiro atoms. The third kappa shape index (κ3) is 2.30. The molecule has 19 heavy (non-hydrogen) atoms. The summed E-state index contributed by atoms with van der Waals surface area (Å²) in [5, 5.41) is 2.00. The first kappa shape index (κ1) is 13.1. The molecule has 0 radical (unpaired) electrons. The van der Waals surface area contributed by atoms with Crippen LogP contribution < -0.4 is 5.73 Å². The van der Waals surface area contributed by atoms with Gasteiger partial charge in [0, 0.05) is 15.4 Å². The van der Waals surface area contributed by atoms with Crippen LogP contribution in [0.4, 0.5) is 10.3 Å². The molecule has 0 amide bonds. The van der Waals surface area contributed by atoms with Crippen molar-refractivity contribution in [2.45, 2.75) is 6.54 Å². The summed E-state index contributed by atoms with van der Waals surface area (Å²) in [6, 6.07) is 5.08. The Hall–Kier alpha value is -0.920. The maximum Gasteiger partial charge on any atom is 0.201 e. The predicted molar refractivity (Wildman–Crippen MR) is 82.9 cm³/mol. The zero-order valence-electron chi connectivity index (χ0n) is 9.53. The monoisotopic (exact) mass is 403 g/mol. The van der Waals surface area contributed by atoms with Crippen molar-refractivity contribution in [1.82, 2.24) is 9.55 Å². The first-order chi connectivity index (χ1) is 9.06. The van der Waals surface area contributed by atoms with Gasteiger partial charge >= 0.3 is 0 Å². The number of anilines is 1. The molecule has 7 heteroatoms. The number of nitrogen functional groups attached to an aromatic ring is 1. The topological polar surface area (TPSA) is 43.8 Å². The van der Waals surface area contributed by atoms with Gasteiger partial charge in [-0.2, -0.15) is 0 Å². The molecule has 0 fully saturated rings. The van der Waals surface area contributed by atoms with Crippen molar-refractivity contribution in [3.63, 3.8) is 0 Å². The second kappa shape index (κ2) is 4.88. The lowest BCUT2D eigenvalue weighted by molar-refractivity contribution is 0.622. The van der Waals surface area contributed by atoms with Crippen LogP contribution in [-0.4, -0.2) is 9.55 Å². The minimum atomic E-state index is -0.338. The van der Waals surface area contributed by atoms with Crippen LogP contribution in [0.15, 0.2) is 32.5 Å². The number of fused-ring (bicyclic) bond motifs is 1. The number of hydrogen-bond donors (Lipinski definition) is 1. The van der Waals surface area contributed by atoms with Crippen molar-refractivity contribution in [1.29, 1.82) is 0 Å². The molecule has 0 aliphatic heterocycles. The maximum absolute atomic E-state index is 13.5. The molecule has 3 nitrogen and oxygen atoms in total. The number of imidazole rings is 1. The fraction of sp³-hybridized carbons (Fsp3) is 0.0833. The molecule has 2 aromatic heterocycles. The smallest absolute Gasteiger partial charge is 0.201 e. The number of halogens is 3. The third-order valence-corrected chi connectivity index (χ3v) is 5.33. The van der Waals surface area contributed by atoms with Crippen molar-refractivity contribution >= 4 is 60.2 Å². The van der Waals surface area contributed by atoms with Gasteiger partial charge in [0.15, 0.2) is 0 Å². The van der Waals surface area contributed by atoms with Gasteiger partial charge < -0.3 is 10.3 Å². The highest BCUT2D eigenvalue weighted by molar-refractivity contribution is 9.10. The van der Waals surface area contributed by atoms with Crippen LogP contribution >= 0.6 is 43.2 Å². The molecule has 0 bridgehead atoms. The number of nitrogens with two attached hydrogens (primary N) is 1. The normalized spacial score (nSPS) is 11.3. The maximum atomic E-state index is 13.5. The highest BCUT2D eigenvalue weighted by Gasteiger charge is 2.13. The van der Waals surface area contributed by atoms with Crippen molar-refractivity contribution in [3.05, 3.63) is 43.2 Å². The largest absolute Gasteiger partial charge is 0.369 e. The average molecular weight is 405 g/mol. The van der Waals surface area contributed by atoms with Crippen molar-refractivity contribution in [2.24, 2.45) is 0 Å². The number of nitrogens with zero attached hydrogens (tertiary/aromatic N) is 2. The summed E-state index contributed by atoms with van der Waals surface area (Å²) in [4.78, 5) is 5.34. The van der Waals surface area contributed by atoms with Gasteiger partial charge in [-0.25, -0.2) is 9.37 Å². The van der Waals surface area contributed by atoms with Crippen LogP contribution in [0.1, 0.15) is 4.88 Å². The molecule has 1 aromatic carbocycles. The van der Waals surface area contributed by atoms with Gasteiger partial charge in [0.1, 0.15) is 5.82 Å². The number of thiophene rings is 1. The van der Waals surface area contributed by atoms with Crippen molar-refractivity contribution in [2.75, 3.05) is 5.73 Å². The average Bonchev–Trinajstić information content (AvgIpc) is 2.88. The van der Waals surface area contributed by atoms with Crippen LogP contribution in [0.3, 0.4) is 0 Å². The molecule has 3 rings (SSSR count). The van der Waals surface area contributed by atoms with Gasteiger partial charge in [-0.15, -0.1) is 11.3 Å². The fourth-order valence-electron chi connectivity index (χ4n) is 1.89. The first-order valence-corrected chi connectivity index (χ1v) is 7.85. The molecule has 2 heterocycles. The Morgan fingerprint density at radius 2 is 2.11 bits per heavy atom. The standard InChI is InChI=1S/C12H8Br2FN3S/c13-6-1-2-19-11(6)5-18-10-3-7(14)8(15)4-9(10)17-12(18)16/h1-4H,5H2,(H2,16,17). The first-order valence-electron chi connectivity index (χ1n) is 5.39. The van der Waals surface area contributed by atoms with Gasteiger partial charge in [0.25, 0.3) is 0 Å². The Balaban J connectivity index is 2.15. The number of hydrogen-bond acceptors (Lipinski definition) is 3. The van der Waals surface area contributed by atoms with Gasteiger partial charge in [0.2, 0.25) is 5.95 Å². The lowest BCUT2D eigenvalue weighted by atomic mass is 10.3. The number of benzene rings is 1. The second-order valence-corrected chi connectivity index (χ2v) is 6.71. The van der Waals surface area contributed by atoms with Crippen LogP contribution in [0.5, 0.6) is 0 Å². The molecular weight excluding hydrogens is 397 g/mol. The van der Waals surface area contributed by atoms with E-state index in [2.05, 4.69) is 36.8 Å². The van der Waals surface area contributed by atoms with E-state index in [-0.39, 0.29) is 5.82 Å². The van der Waals surface area contributed by atoms with E-state index < -0.39 is 0 Å². The van der Waals surface area contributed by atoms with Crippen molar-refractivity contribution < 1.29 is 4.39 Å². The summed E-state index contributed by atoms with van der Waals surface area (Å²) in [6.45, 7) is 0.610. The molecule has 98 valence electrons. The van der Waals surface area contributed by atoms with E-state index in [1.807, 2.05) is 16.0 Å². The lowest BCUT2D eigenvalue weighted by Crippen LogP contribution is -2.03. The summed E-state index contributed by atoms with van der Waals surface area (Å²) in [6.07, 6.45) is 0. The molecule has 0 unspecified atom stereocenters. The molecule has 0 aliphatic carbocycles. The minimum absolute atomic E-state index is 0.338. The van der Waals surface area contributed by atoms with E-state index in [0.29, 0.717) is 22.5 Å². The SMILES string of the molecule is Nc1nc2cc(F)c(Br)cc2n1Cc1sccc1Br. The van der Waals surface area contributed by atoms with E-state index in [0.717, 1.165) is 14.9 Å². The third-order valence-electron chi connectivity index (χ3n) is 2.81. The molecule has 0 aliphatic rings. The zero-order valence-corrected chi connectivity index (χ0v) is 13.5. The molecule has 0 atom stereocenters. The summed E-state index contributed by atoms with van der Waals surface area (Å²) < 4.78 is 16.8. The second-order valence-electron chi connectivity index (χ2n) is 4.00. The number of rotatable bonds is 2. The van der Waals surface area contributed by atoms with E-state index in [9.17, 15) is 4.39 Å². The van der Waals surface area contributed by atoms with Crippen molar-refractivity contribution in [3.8, 4) is 0 Å². The Bertz CT molecular complexity index is 766. The lowest BCUT2D eigenvalue weighted by Gasteiger charge is -2.05. The van der Waals surface area contributed by atoms with Crippen LogP contribution in [0.2, 0.25) is 0 Å². The molecule has 0 saturated heterocycles. The van der Waals surface area contributed by atoms with Crippen LogP contribution in [0.25, 0.3) is 11.0 Å². The Morgan fingerprint density at radius 3 is 2.79 bits per heavy atom.